The molecular formula is C26H42O2. The van der Waals surface area contributed by atoms with Crippen molar-refractivity contribution in [3.05, 3.63) is 34.4 Å². The molecule has 2 rings (SSSR count). The van der Waals surface area contributed by atoms with E-state index in [2.05, 4.69) is 46.8 Å². The molecule has 0 N–H and O–H groups in total. The summed E-state index contributed by atoms with van der Waals surface area (Å²) in [7, 11) is 0. The highest BCUT2D eigenvalue weighted by Crippen LogP contribution is 2.43. The monoisotopic (exact) mass is 386 g/mol. The topological polar surface area (TPSA) is 26.3 Å². The first-order valence-corrected chi connectivity index (χ1v) is 11.5. The van der Waals surface area contributed by atoms with E-state index in [4.69, 9.17) is 4.74 Å². The first-order valence-electron chi connectivity index (χ1n) is 11.5. The minimum Gasteiger partial charge on any atom is -0.461 e. The molecule has 0 spiro atoms. The van der Waals surface area contributed by atoms with Crippen molar-refractivity contribution < 1.29 is 9.53 Å². The number of rotatable bonds is 13. The molecule has 0 saturated heterocycles. The fourth-order valence-electron chi connectivity index (χ4n) is 4.19. The van der Waals surface area contributed by atoms with Crippen LogP contribution in [0.3, 0.4) is 0 Å². The van der Waals surface area contributed by atoms with Gasteiger partial charge >= 0.3 is 0 Å². The minimum atomic E-state index is -0.0942. The van der Waals surface area contributed by atoms with Gasteiger partial charge in [-0.05, 0) is 99.3 Å². The third kappa shape index (κ3) is 7.97. The fourth-order valence-corrected chi connectivity index (χ4v) is 4.19. The van der Waals surface area contributed by atoms with E-state index in [0.717, 1.165) is 32.1 Å². The predicted molar refractivity (Wildman–Crippen MR) is 119 cm³/mol. The lowest BCUT2D eigenvalue weighted by molar-refractivity contribution is -0.135. The molecule has 0 unspecified atom stereocenters. The second kappa shape index (κ2) is 10.5. The van der Waals surface area contributed by atoms with Crippen LogP contribution in [0.2, 0.25) is 0 Å². The Balaban J connectivity index is 1.74. The molecule has 1 fully saturated rings. The van der Waals surface area contributed by atoms with Crippen molar-refractivity contribution in [2.75, 3.05) is 0 Å². The first kappa shape index (κ1) is 23.0. The zero-order chi connectivity index (χ0) is 20.6. The van der Waals surface area contributed by atoms with Crippen molar-refractivity contribution in [1.82, 2.24) is 0 Å². The van der Waals surface area contributed by atoms with Crippen LogP contribution in [0.25, 0.3) is 0 Å². The predicted octanol–water partition coefficient (Wildman–Crippen LogP) is 7.26. The number of carbonyl (C=O) groups is 1. The third-order valence-corrected chi connectivity index (χ3v) is 6.41. The number of carbonyl (C=O) groups excluding carboxylic acids is 1. The maximum absolute atomic E-state index is 10.6. The van der Waals surface area contributed by atoms with Crippen LogP contribution in [0.5, 0.6) is 0 Å². The van der Waals surface area contributed by atoms with Crippen LogP contribution < -0.4 is 0 Å². The molecule has 158 valence electrons. The van der Waals surface area contributed by atoms with Gasteiger partial charge in [-0.15, -0.1) is 0 Å². The molecule has 0 aliphatic heterocycles. The summed E-state index contributed by atoms with van der Waals surface area (Å²) in [4.78, 5) is 10.6. The summed E-state index contributed by atoms with van der Waals surface area (Å²) in [6, 6.07) is 4.82. The highest BCUT2D eigenvalue weighted by Gasteiger charge is 2.44. The number of hydrogen-bond donors (Lipinski definition) is 0. The quantitative estimate of drug-likeness (QED) is 0.263. The minimum absolute atomic E-state index is 0.0942. The Morgan fingerprint density at radius 2 is 1.64 bits per heavy atom. The standard InChI is InChI=1S/C26H42O2/c1-21-18-23(12-9-11-15-26(16-17-26)28-20-27)19-24(22(21)2)13-8-6-7-10-14-25(3,4)5/h18-20H,6-17H2,1-5H3. The highest BCUT2D eigenvalue weighted by molar-refractivity contribution is 5.39. The zero-order valence-corrected chi connectivity index (χ0v) is 19.0. The molecule has 0 amide bonds. The molecular weight excluding hydrogens is 344 g/mol. The highest BCUT2D eigenvalue weighted by atomic mass is 16.5. The third-order valence-electron chi connectivity index (χ3n) is 6.41. The molecule has 0 aromatic heterocycles. The van der Waals surface area contributed by atoms with Crippen molar-refractivity contribution in [2.24, 2.45) is 5.41 Å². The number of hydrogen-bond acceptors (Lipinski definition) is 2. The molecule has 1 aliphatic rings. The van der Waals surface area contributed by atoms with E-state index < -0.39 is 0 Å². The van der Waals surface area contributed by atoms with Gasteiger partial charge in [0.15, 0.2) is 0 Å². The van der Waals surface area contributed by atoms with Gasteiger partial charge in [-0.25, -0.2) is 0 Å². The molecule has 2 nitrogen and oxygen atoms in total. The lowest BCUT2D eigenvalue weighted by atomic mass is 9.89. The Morgan fingerprint density at radius 3 is 2.29 bits per heavy atom. The van der Waals surface area contributed by atoms with Crippen LogP contribution in [0.15, 0.2) is 12.1 Å². The van der Waals surface area contributed by atoms with Crippen LogP contribution in [0, 0.1) is 19.3 Å². The summed E-state index contributed by atoms with van der Waals surface area (Å²) in [5, 5.41) is 0. The van der Waals surface area contributed by atoms with Gasteiger partial charge < -0.3 is 4.74 Å². The van der Waals surface area contributed by atoms with Crippen LogP contribution >= 0.6 is 0 Å². The van der Waals surface area contributed by atoms with E-state index in [1.54, 1.807) is 5.56 Å². The summed E-state index contributed by atoms with van der Waals surface area (Å²) in [5.74, 6) is 0. The maximum atomic E-state index is 10.6. The molecule has 1 aromatic rings. The molecule has 0 atom stereocenters. The molecule has 1 saturated carbocycles. The zero-order valence-electron chi connectivity index (χ0n) is 19.0. The maximum Gasteiger partial charge on any atom is 0.293 e. The van der Waals surface area contributed by atoms with Crippen molar-refractivity contribution >= 4 is 6.47 Å². The number of ether oxygens (including phenoxy) is 1. The van der Waals surface area contributed by atoms with Gasteiger partial charge in [-0.2, -0.15) is 0 Å². The van der Waals surface area contributed by atoms with Gasteiger partial charge in [0, 0.05) is 0 Å². The van der Waals surface area contributed by atoms with Crippen LogP contribution in [-0.4, -0.2) is 12.1 Å². The molecule has 28 heavy (non-hydrogen) atoms. The largest absolute Gasteiger partial charge is 0.461 e. The van der Waals surface area contributed by atoms with Crippen LogP contribution in [-0.2, 0) is 22.4 Å². The lowest BCUT2D eigenvalue weighted by Crippen LogP contribution is -2.12. The van der Waals surface area contributed by atoms with E-state index in [1.807, 2.05) is 0 Å². The number of unbranched alkanes of at least 4 members (excludes halogenated alkanes) is 4. The van der Waals surface area contributed by atoms with Crippen molar-refractivity contribution in [1.29, 1.82) is 0 Å². The summed E-state index contributed by atoms with van der Waals surface area (Å²) in [6.07, 6.45) is 14.5. The van der Waals surface area contributed by atoms with Gasteiger partial charge in [0.1, 0.15) is 5.60 Å². The number of aryl methyl sites for hydroxylation is 3. The normalized spacial score (nSPS) is 15.5. The molecule has 0 radical (unpaired) electrons. The van der Waals surface area contributed by atoms with Gasteiger partial charge in [0.25, 0.3) is 6.47 Å². The average Bonchev–Trinajstić information content (AvgIpc) is 3.38. The smallest absolute Gasteiger partial charge is 0.293 e. The van der Waals surface area contributed by atoms with E-state index in [-0.39, 0.29) is 5.60 Å². The van der Waals surface area contributed by atoms with Gasteiger partial charge in [0.05, 0.1) is 0 Å². The molecule has 1 aromatic carbocycles. The van der Waals surface area contributed by atoms with Gasteiger partial charge in [0.2, 0.25) is 0 Å². The first-order chi connectivity index (χ1) is 13.2. The summed E-state index contributed by atoms with van der Waals surface area (Å²) < 4.78 is 5.26. The Kier molecular flexibility index (Phi) is 8.58. The SMILES string of the molecule is Cc1cc(CCCCC2(OC=O)CC2)cc(CCCCCCC(C)(C)C)c1C. The molecule has 0 bridgehead atoms. The lowest BCUT2D eigenvalue weighted by Gasteiger charge is -2.17. The van der Waals surface area contributed by atoms with E-state index >= 15 is 0 Å². The van der Waals surface area contributed by atoms with Crippen molar-refractivity contribution in [2.45, 2.75) is 117 Å². The van der Waals surface area contributed by atoms with Crippen molar-refractivity contribution in [3.8, 4) is 0 Å². The van der Waals surface area contributed by atoms with E-state index in [1.165, 1.54) is 61.6 Å². The van der Waals surface area contributed by atoms with Gasteiger partial charge in [-0.3, -0.25) is 4.79 Å². The Bertz CT molecular complexity index is 620. The summed E-state index contributed by atoms with van der Waals surface area (Å²) in [6.45, 7) is 12.2. The molecule has 2 heteroatoms. The van der Waals surface area contributed by atoms with E-state index in [9.17, 15) is 4.79 Å². The molecule has 0 heterocycles. The second-order valence-electron chi connectivity index (χ2n) is 10.3. The Labute approximate surface area is 173 Å². The second-order valence-corrected chi connectivity index (χ2v) is 10.3. The molecule has 1 aliphatic carbocycles. The summed E-state index contributed by atoms with van der Waals surface area (Å²) in [5.41, 5.74) is 6.32. The van der Waals surface area contributed by atoms with Crippen LogP contribution in [0.4, 0.5) is 0 Å². The average molecular weight is 387 g/mol. The number of benzene rings is 1. The fraction of sp³-hybridized carbons (Fsp3) is 0.731. The Morgan fingerprint density at radius 1 is 0.964 bits per heavy atom. The Hall–Kier alpha value is -1.31. The van der Waals surface area contributed by atoms with E-state index in [0.29, 0.717) is 11.9 Å². The summed E-state index contributed by atoms with van der Waals surface area (Å²) >= 11 is 0. The van der Waals surface area contributed by atoms with Crippen molar-refractivity contribution in [3.63, 3.8) is 0 Å². The van der Waals surface area contributed by atoms with Gasteiger partial charge in [-0.1, -0.05) is 52.2 Å². The van der Waals surface area contributed by atoms with Crippen LogP contribution in [0.1, 0.15) is 107 Å².